The van der Waals surface area contributed by atoms with Gasteiger partial charge in [-0.15, -0.1) is 0 Å². The smallest absolute Gasteiger partial charge is 0.342 e. The van der Waals surface area contributed by atoms with Crippen molar-refractivity contribution < 1.29 is 57.9 Å². The Kier molecular flexibility index (Phi) is 5.85. The van der Waals surface area contributed by atoms with Crippen LogP contribution in [0.5, 0.6) is 11.5 Å². The fourth-order valence-corrected chi connectivity index (χ4v) is 6.00. The Morgan fingerprint density at radius 1 is 0.619 bits per heavy atom. The number of allylic oxidation sites excluding steroid dienone is 4. The normalized spacial score (nSPS) is 21.3. The van der Waals surface area contributed by atoms with E-state index in [0.717, 1.165) is 14.2 Å². The molecule has 214 valence electrons. The molecule has 12 nitrogen and oxygen atoms in total. The summed E-state index contributed by atoms with van der Waals surface area (Å²) in [6.45, 7) is 3.25. The maximum atomic E-state index is 14.0. The Hall–Kier alpha value is -5.26. The van der Waals surface area contributed by atoms with Gasteiger partial charge in [-0.05, 0) is 37.1 Å². The highest BCUT2D eigenvalue weighted by Crippen LogP contribution is 2.45. The number of phenols is 2. The molecule has 0 spiro atoms. The van der Waals surface area contributed by atoms with Crippen LogP contribution in [0, 0.1) is 0 Å². The van der Waals surface area contributed by atoms with Crippen LogP contribution < -0.4 is 0 Å². The molecule has 0 bridgehead atoms. The van der Waals surface area contributed by atoms with Crippen molar-refractivity contribution in [2.45, 2.75) is 38.9 Å². The number of phenolic OH excluding ortho intramolecular Hbond substituents is 2. The highest BCUT2D eigenvalue weighted by Gasteiger charge is 2.47. The lowest BCUT2D eigenvalue weighted by Gasteiger charge is -2.29. The van der Waals surface area contributed by atoms with Crippen molar-refractivity contribution in [3.63, 3.8) is 0 Å². The summed E-state index contributed by atoms with van der Waals surface area (Å²) in [6, 6.07) is 2.58. The summed E-state index contributed by atoms with van der Waals surface area (Å²) in [5.41, 5.74) is -3.24. The third-order valence-corrected chi connectivity index (χ3v) is 7.73. The van der Waals surface area contributed by atoms with Crippen molar-refractivity contribution in [2.24, 2.45) is 0 Å². The Morgan fingerprint density at radius 3 is 1.31 bits per heavy atom. The molecule has 0 saturated heterocycles. The van der Waals surface area contributed by atoms with E-state index in [4.69, 9.17) is 18.9 Å². The van der Waals surface area contributed by atoms with Crippen LogP contribution in [0.25, 0.3) is 0 Å². The summed E-state index contributed by atoms with van der Waals surface area (Å²) in [5.74, 6) is -8.77. The molecular weight excluding hydrogens is 552 g/mol. The van der Waals surface area contributed by atoms with E-state index in [1.807, 2.05) is 0 Å². The number of ether oxygens (including phenoxy) is 4. The number of esters is 2. The zero-order chi connectivity index (χ0) is 30.4. The van der Waals surface area contributed by atoms with Gasteiger partial charge in [-0.25, -0.2) is 9.59 Å². The second-order valence-corrected chi connectivity index (χ2v) is 10.3. The molecule has 0 amide bonds. The number of carbonyl (C=O) groups excluding carboxylic acids is 6. The molecule has 0 saturated carbocycles. The van der Waals surface area contributed by atoms with Crippen molar-refractivity contribution in [2.75, 3.05) is 14.2 Å². The van der Waals surface area contributed by atoms with Gasteiger partial charge in [-0.2, -0.15) is 0 Å². The van der Waals surface area contributed by atoms with Crippen LogP contribution in [-0.4, -0.2) is 71.7 Å². The highest BCUT2D eigenvalue weighted by atomic mass is 16.5. The summed E-state index contributed by atoms with van der Waals surface area (Å²) in [4.78, 5) is 80.7. The zero-order valence-electron chi connectivity index (χ0n) is 22.7. The molecule has 2 N–H and O–H groups in total. The topological polar surface area (TPSA) is 180 Å². The molecular formula is C30H22O12. The highest BCUT2D eigenvalue weighted by molar-refractivity contribution is 6.37. The van der Waals surface area contributed by atoms with E-state index in [9.17, 15) is 39.0 Å². The third kappa shape index (κ3) is 3.47. The Morgan fingerprint density at radius 2 is 0.976 bits per heavy atom. The van der Waals surface area contributed by atoms with Gasteiger partial charge in [0.15, 0.2) is 11.5 Å². The predicted octanol–water partition coefficient (Wildman–Crippen LogP) is 2.56. The van der Waals surface area contributed by atoms with E-state index >= 15 is 0 Å². The molecule has 2 aliphatic heterocycles. The number of hydrogen-bond acceptors (Lipinski definition) is 12. The number of carbonyl (C=O) groups is 6. The molecule has 2 atom stereocenters. The Labute approximate surface area is 237 Å². The van der Waals surface area contributed by atoms with E-state index in [1.54, 1.807) is 13.8 Å². The number of hydrogen-bond donors (Lipinski definition) is 2. The first-order chi connectivity index (χ1) is 19.9. The van der Waals surface area contributed by atoms with Gasteiger partial charge in [0.25, 0.3) is 0 Å². The number of aromatic hydroxyl groups is 2. The number of cyclic esters (lactones) is 2. The molecule has 0 fully saturated rings. The Bertz CT molecular complexity index is 1670. The van der Waals surface area contributed by atoms with Gasteiger partial charge in [0, 0.05) is 24.0 Å². The minimum Gasteiger partial charge on any atom is -0.506 e. The van der Waals surface area contributed by atoms with Crippen LogP contribution in [0.3, 0.4) is 0 Å². The third-order valence-electron chi connectivity index (χ3n) is 7.73. The average Bonchev–Trinajstić information content (AvgIpc) is 2.91. The minimum atomic E-state index is -1.12. The van der Waals surface area contributed by atoms with Crippen molar-refractivity contribution in [3.8, 4) is 11.5 Å². The predicted molar refractivity (Wildman–Crippen MR) is 139 cm³/mol. The minimum absolute atomic E-state index is 0.163. The quantitative estimate of drug-likeness (QED) is 0.512. The summed E-state index contributed by atoms with van der Waals surface area (Å²) in [5, 5.41) is 22.2. The van der Waals surface area contributed by atoms with Crippen LogP contribution >= 0.6 is 0 Å². The average molecular weight is 574 g/mol. The number of fused-ring (bicyclic) bond motifs is 4. The molecule has 0 aromatic heterocycles. The number of Topliss-reactive ketones (excluding diaryl/α,β-unsaturated/α-hetero) is 4. The van der Waals surface area contributed by atoms with Crippen LogP contribution in [-0.2, 0) is 31.8 Å². The van der Waals surface area contributed by atoms with Gasteiger partial charge in [0.05, 0.1) is 36.5 Å². The van der Waals surface area contributed by atoms with E-state index in [1.165, 1.54) is 12.1 Å². The number of methoxy groups -OCH3 is 2. The molecule has 2 aromatic rings. The van der Waals surface area contributed by atoms with Gasteiger partial charge in [-0.3, -0.25) is 19.2 Å². The number of benzene rings is 2. The van der Waals surface area contributed by atoms with E-state index in [-0.39, 0.29) is 46.2 Å². The fraction of sp³-hybridized carbons (Fsp3) is 0.267. The van der Waals surface area contributed by atoms with Gasteiger partial charge in [-0.1, -0.05) is 0 Å². The SMILES string of the molecule is COC1=C(C2=C(OC)C(=O)c3cc4c(c(O)c3C2=O)C(=O)O[C@H](C)C4)C(=O)c2c(cc3c(c2O)C(=O)O[C@H](C)C3)C1=O. The van der Waals surface area contributed by atoms with Crippen molar-refractivity contribution in [1.29, 1.82) is 0 Å². The van der Waals surface area contributed by atoms with Crippen LogP contribution in [0.2, 0.25) is 0 Å². The monoisotopic (exact) mass is 574 g/mol. The molecule has 2 heterocycles. The maximum Gasteiger partial charge on any atom is 0.342 e. The Balaban J connectivity index is 1.60. The van der Waals surface area contributed by atoms with Crippen LogP contribution in [0.1, 0.15) is 87.1 Å². The van der Waals surface area contributed by atoms with Gasteiger partial charge in [0.1, 0.15) is 34.8 Å². The molecule has 6 rings (SSSR count). The second-order valence-electron chi connectivity index (χ2n) is 10.3. The summed E-state index contributed by atoms with van der Waals surface area (Å²) in [7, 11) is 2.15. The molecule has 0 unspecified atom stereocenters. The molecule has 2 aliphatic carbocycles. The first-order valence-corrected chi connectivity index (χ1v) is 12.9. The van der Waals surface area contributed by atoms with E-state index in [2.05, 4.69) is 0 Å². The standard InChI is InChI=1S/C30H22O12/c1-9-5-11-7-13-17(23(33)15(11)29(37)41-9)25(35)19(27(39-3)21(13)31)20-26(36)18-14(22(32)28(20)40-4)8-12-6-10(2)42-30(38)16(12)24(18)34/h7-10,33-34H,5-6H2,1-4H3/t9-,10-/m1/s1. The number of ketones is 4. The van der Waals surface area contributed by atoms with Gasteiger partial charge < -0.3 is 29.2 Å². The molecule has 42 heavy (non-hydrogen) atoms. The largest absolute Gasteiger partial charge is 0.506 e. The molecule has 12 heteroatoms. The molecule has 0 radical (unpaired) electrons. The van der Waals surface area contributed by atoms with Gasteiger partial charge >= 0.3 is 11.9 Å². The zero-order valence-corrected chi connectivity index (χ0v) is 22.7. The fourth-order valence-electron chi connectivity index (χ4n) is 6.00. The van der Waals surface area contributed by atoms with E-state index < -0.39 is 92.6 Å². The van der Waals surface area contributed by atoms with Gasteiger partial charge in [0.2, 0.25) is 23.1 Å². The lowest BCUT2D eigenvalue weighted by Crippen LogP contribution is -2.33. The van der Waals surface area contributed by atoms with Crippen LogP contribution in [0.15, 0.2) is 34.8 Å². The van der Waals surface area contributed by atoms with Crippen molar-refractivity contribution in [1.82, 2.24) is 0 Å². The lowest BCUT2D eigenvalue weighted by molar-refractivity contribution is 0.0285. The second kappa shape index (κ2) is 9.13. The summed E-state index contributed by atoms with van der Waals surface area (Å²) >= 11 is 0. The summed E-state index contributed by atoms with van der Waals surface area (Å²) in [6.07, 6.45) is -0.778. The lowest BCUT2D eigenvalue weighted by atomic mass is 9.75. The number of rotatable bonds is 3. The van der Waals surface area contributed by atoms with Crippen LogP contribution in [0.4, 0.5) is 0 Å². The first kappa shape index (κ1) is 26.9. The molecule has 4 aliphatic rings. The first-order valence-electron chi connectivity index (χ1n) is 12.9. The maximum absolute atomic E-state index is 14.0. The van der Waals surface area contributed by atoms with E-state index in [0.29, 0.717) is 0 Å². The van der Waals surface area contributed by atoms with Crippen molar-refractivity contribution >= 4 is 35.1 Å². The summed E-state index contributed by atoms with van der Waals surface area (Å²) < 4.78 is 20.9. The van der Waals surface area contributed by atoms with Crippen molar-refractivity contribution in [3.05, 3.63) is 79.3 Å². The molecule has 2 aromatic carbocycles.